The summed E-state index contributed by atoms with van der Waals surface area (Å²) >= 11 is 0. The minimum absolute atomic E-state index is 0. The molecule has 0 unspecified atom stereocenters. The molecule has 0 nitrogen and oxygen atoms in total. The van der Waals surface area contributed by atoms with E-state index in [0.717, 1.165) is 0 Å². The third kappa shape index (κ3) is 8.86. The van der Waals surface area contributed by atoms with Crippen LogP contribution in [0.1, 0.15) is 0 Å². The molecule has 4 heavy (non-hydrogen) atoms. The summed E-state index contributed by atoms with van der Waals surface area (Å²) in [4.78, 5) is 0. The van der Waals surface area contributed by atoms with E-state index in [-0.39, 0.29) is 72.6 Å². The summed E-state index contributed by atoms with van der Waals surface area (Å²) in [5.41, 5.74) is 0. The molecule has 0 saturated carbocycles. The van der Waals surface area contributed by atoms with E-state index in [1.165, 1.54) is 0 Å². The molecule has 0 aliphatic carbocycles. The van der Waals surface area contributed by atoms with Crippen molar-refractivity contribution >= 4 is 17.4 Å². The van der Waals surface area contributed by atoms with Crippen LogP contribution < -0.4 is 0 Å². The summed E-state index contributed by atoms with van der Waals surface area (Å²) in [6, 6.07) is 0. The Balaban J connectivity index is 0. The minimum Gasteiger partial charge on any atom is 0 e. The van der Waals surface area contributed by atoms with Gasteiger partial charge < -0.3 is 0 Å². The molecule has 0 saturated heterocycles. The predicted molar refractivity (Wildman–Crippen MR) is 5.75 cm³/mol. The smallest absolute Gasteiger partial charge is 0 e. The second-order valence-electron chi connectivity index (χ2n) is 0. The Labute approximate surface area is 71.9 Å². The first kappa shape index (κ1) is 33.9. The van der Waals surface area contributed by atoms with Gasteiger partial charge in [0.2, 0.25) is 0 Å². The van der Waals surface area contributed by atoms with E-state index < -0.39 is 0 Å². The summed E-state index contributed by atoms with van der Waals surface area (Å²) in [6.07, 6.45) is 0. The third-order valence-corrected chi connectivity index (χ3v) is 0. The van der Waals surface area contributed by atoms with Gasteiger partial charge in [-0.1, -0.05) is 0 Å². The van der Waals surface area contributed by atoms with Crippen LogP contribution in [-0.4, -0.2) is 17.4 Å². The van der Waals surface area contributed by atoms with Crippen molar-refractivity contribution in [1.29, 1.82) is 0 Å². The summed E-state index contributed by atoms with van der Waals surface area (Å²) in [5.74, 6) is 0. The topological polar surface area (TPSA) is 0 Å². The van der Waals surface area contributed by atoms with Crippen LogP contribution in [0.3, 0.4) is 0 Å². The first-order valence-corrected chi connectivity index (χ1v) is 0. The van der Waals surface area contributed by atoms with Gasteiger partial charge in [-0.25, -0.2) is 0 Å². The molecule has 0 amide bonds. The molecule has 0 spiro atoms. The molecular formula is AlCuNiTi. The van der Waals surface area contributed by atoms with Gasteiger partial charge in [-0.2, -0.15) is 0 Å². The van der Waals surface area contributed by atoms with Crippen molar-refractivity contribution in [2.45, 2.75) is 0 Å². The van der Waals surface area contributed by atoms with E-state index in [2.05, 4.69) is 0 Å². The van der Waals surface area contributed by atoms with Crippen LogP contribution in [0.15, 0.2) is 0 Å². The van der Waals surface area contributed by atoms with Gasteiger partial charge in [0.05, 0.1) is 0 Å². The van der Waals surface area contributed by atoms with Crippen LogP contribution in [0.25, 0.3) is 0 Å². The Hall–Kier alpha value is 2.26. The van der Waals surface area contributed by atoms with Crippen molar-refractivity contribution in [3.8, 4) is 0 Å². The Morgan fingerprint density at radius 1 is 1.00 bits per heavy atom. The number of hydrogen-bond donors (Lipinski definition) is 0. The monoisotopic (exact) mass is 196 g/mol. The number of hydrogen-bond acceptors (Lipinski definition) is 0. The molecule has 0 fully saturated rings. The maximum atomic E-state index is 0. The van der Waals surface area contributed by atoms with Gasteiger partial charge in [0.1, 0.15) is 0 Å². The molecule has 4 radical (unpaired) electrons. The van der Waals surface area contributed by atoms with Gasteiger partial charge in [-0.05, 0) is 0 Å². The maximum Gasteiger partial charge on any atom is 0 e. The van der Waals surface area contributed by atoms with Crippen molar-refractivity contribution in [2.24, 2.45) is 0 Å². The van der Waals surface area contributed by atoms with Gasteiger partial charge in [0, 0.05) is 72.6 Å². The van der Waals surface area contributed by atoms with Gasteiger partial charge >= 0.3 is 0 Å². The quantitative estimate of drug-likeness (QED) is 0.464. The molecule has 0 bridgehead atoms. The molecule has 0 aliphatic heterocycles. The summed E-state index contributed by atoms with van der Waals surface area (Å²) in [6.45, 7) is 0. The minimum atomic E-state index is 0. The van der Waals surface area contributed by atoms with Gasteiger partial charge in [0.25, 0.3) is 0 Å². The third-order valence-electron chi connectivity index (χ3n) is 0. The zero-order valence-corrected chi connectivity index (χ0v) is 6.34. The van der Waals surface area contributed by atoms with E-state index in [9.17, 15) is 0 Å². The van der Waals surface area contributed by atoms with E-state index in [0.29, 0.717) is 0 Å². The van der Waals surface area contributed by atoms with E-state index in [4.69, 9.17) is 0 Å². The standard InChI is InChI=1S/Al.Cu.Ni.Ti. The second-order valence-corrected chi connectivity index (χ2v) is 0. The van der Waals surface area contributed by atoms with E-state index >= 15 is 0 Å². The molecular weight excluding hydrogens is 197 g/mol. The Bertz CT molecular complexity index is 8.00. The molecule has 0 atom stereocenters. The predicted octanol–water partition coefficient (Wildman–Crippen LogP) is -0.388. The fraction of sp³-hybridized carbons (Fsp3) is 0. The van der Waals surface area contributed by atoms with E-state index in [1.54, 1.807) is 0 Å². The van der Waals surface area contributed by atoms with Crippen molar-refractivity contribution in [3.05, 3.63) is 0 Å². The molecule has 0 aliphatic rings. The first-order valence-electron chi connectivity index (χ1n) is 0. The Morgan fingerprint density at radius 2 is 1.00 bits per heavy atom. The van der Waals surface area contributed by atoms with Gasteiger partial charge in [-0.3, -0.25) is 0 Å². The van der Waals surface area contributed by atoms with Crippen molar-refractivity contribution in [2.75, 3.05) is 0 Å². The molecule has 4 heteroatoms. The molecule has 0 aromatic heterocycles. The molecule has 0 aromatic rings. The summed E-state index contributed by atoms with van der Waals surface area (Å²) in [7, 11) is 0. The van der Waals surface area contributed by atoms with Crippen molar-refractivity contribution in [1.82, 2.24) is 0 Å². The van der Waals surface area contributed by atoms with Crippen LogP contribution in [0, 0.1) is 0 Å². The zero-order chi connectivity index (χ0) is 0. The average Bonchev–Trinajstić information content (AvgIpc) is 0. The fourth-order valence-corrected chi connectivity index (χ4v) is 0. The van der Waals surface area contributed by atoms with Crippen LogP contribution >= 0.6 is 0 Å². The summed E-state index contributed by atoms with van der Waals surface area (Å²) in [5, 5.41) is 0. The Kier molecular flexibility index (Phi) is 158. The van der Waals surface area contributed by atoms with Crippen LogP contribution in [0.5, 0.6) is 0 Å². The molecule has 0 aromatic carbocycles. The van der Waals surface area contributed by atoms with Gasteiger partial charge in [0.15, 0.2) is 0 Å². The SMILES string of the molecule is [Al].[Cu].[Ni].[Ti]. The van der Waals surface area contributed by atoms with Crippen LogP contribution in [0.2, 0.25) is 0 Å². The molecule has 0 N–H and O–H groups in total. The first-order chi connectivity index (χ1) is 0. The zero-order valence-electron chi connectivity index (χ0n) is 1.70. The molecule has 0 heterocycles. The fourth-order valence-electron chi connectivity index (χ4n) is 0. The van der Waals surface area contributed by atoms with Crippen molar-refractivity contribution in [3.63, 3.8) is 0 Å². The van der Waals surface area contributed by atoms with Gasteiger partial charge in [-0.15, -0.1) is 0 Å². The molecule has 28 valence electrons. The molecule has 0 rings (SSSR count). The van der Waals surface area contributed by atoms with Crippen LogP contribution in [0.4, 0.5) is 0 Å². The maximum absolute atomic E-state index is 0. The average molecular weight is 197 g/mol. The van der Waals surface area contributed by atoms with E-state index in [1.807, 2.05) is 0 Å². The van der Waals surface area contributed by atoms with Crippen molar-refractivity contribution < 1.29 is 55.3 Å². The van der Waals surface area contributed by atoms with Crippen LogP contribution in [-0.2, 0) is 55.3 Å². The largest absolute Gasteiger partial charge is 0 e. The second kappa shape index (κ2) is 18.7. The Morgan fingerprint density at radius 3 is 1.00 bits per heavy atom. The summed E-state index contributed by atoms with van der Waals surface area (Å²) < 4.78 is 0. The number of rotatable bonds is 0. The normalized spacial score (nSPS) is 0.